The minimum atomic E-state index is 0.00387. The molecule has 0 spiro atoms. The molecule has 0 aliphatic carbocycles. The molecule has 0 heterocycles. The zero-order valence-electron chi connectivity index (χ0n) is 20.2. The molecule has 0 N–H and O–H groups in total. The molecule has 6 heteroatoms. The molecular formula is C21H47N5W-4. The van der Waals surface area contributed by atoms with Crippen LogP contribution >= 0.6 is 0 Å². The van der Waals surface area contributed by atoms with Crippen molar-refractivity contribution < 1.29 is 19.6 Å². The van der Waals surface area contributed by atoms with Crippen LogP contribution in [0.15, 0.2) is 15.9 Å². The first-order valence-corrected chi connectivity index (χ1v) is 11.3. The average molecular weight is 553 g/mol. The molecule has 0 saturated carbocycles. The average Bonchev–Trinajstić information content (AvgIpc) is 2.53. The van der Waals surface area contributed by atoms with E-state index in [1.807, 2.05) is 27.7 Å². The van der Waals surface area contributed by atoms with Gasteiger partial charge >= 0.3 is 43.0 Å². The third kappa shape index (κ3) is 66.8. The fourth-order valence-corrected chi connectivity index (χ4v) is 0.961. The molecule has 0 rings (SSSR count). The molecule has 0 bridgehead atoms. The number of nitrogens with zero attached hydrogens (tertiary/aromatic N) is 5. The summed E-state index contributed by atoms with van der Waals surface area (Å²) in [6, 6.07) is 0.546. The topological polar surface area (TPSA) is 68.8 Å². The molecule has 27 heavy (non-hydrogen) atoms. The van der Waals surface area contributed by atoms with E-state index in [0.29, 0.717) is 6.04 Å². The minimum Gasteiger partial charge on any atom is -0.663 e. The Hall–Kier alpha value is -0.252. The molecule has 0 atom stereocenters. The van der Waals surface area contributed by atoms with Crippen molar-refractivity contribution in [3.63, 3.8) is 0 Å². The zero-order chi connectivity index (χ0) is 22.4. The van der Waals surface area contributed by atoms with Crippen LogP contribution in [0.2, 0.25) is 0 Å². The molecule has 0 aliphatic rings. The van der Waals surface area contributed by atoms with E-state index in [0.717, 1.165) is 26.2 Å². The molecule has 0 aromatic heterocycles. The summed E-state index contributed by atoms with van der Waals surface area (Å²) >= 11 is 1.33. The Labute approximate surface area is 183 Å². The van der Waals surface area contributed by atoms with Crippen LogP contribution in [0.5, 0.6) is 0 Å². The quantitative estimate of drug-likeness (QED) is 0.310. The van der Waals surface area contributed by atoms with Crippen LogP contribution in [0.1, 0.15) is 83.1 Å². The van der Waals surface area contributed by atoms with Gasteiger partial charge in [0, 0.05) is 0 Å². The van der Waals surface area contributed by atoms with Crippen LogP contribution in [-0.4, -0.2) is 43.3 Å². The number of rotatable bonds is 7. The summed E-state index contributed by atoms with van der Waals surface area (Å²) in [4.78, 5) is 0. The molecule has 0 aromatic rings. The molecule has 0 amide bonds. The van der Waals surface area contributed by atoms with Crippen molar-refractivity contribution in [2.45, 2.75) is 100 Å². The third-order valence-corrected chi connectivity index (χ3v) is 3.61. The molecule has 0 saturated heterocycles. The van der Waals surface area contributed by atoms with Crippen molar-refractivity contribution in [1.82, 2.24) is 0 Å². The van der Waals surface area contributed by atoms with Crippen molar-refractivity contribution in [3.8, 4) is 0 Å². The van der Waals surface area contributed by atoms with E-state index < -0.39 is 0 Å². The van der Waals surface area contributed by atoms with E-state index in [1.165, 1.54) is 19.6 Å². The van der Waals surface area contributed by atoms with Gasteiger partial charge in [0.05, 0.1) is 0 Å². The van der Waals surface area contributed by atoms with Gasteiger partial charge in [-0.15, -0.1) is 11.1 Å². The molecule has 5 nitrogen and oxygen atoms in total. The van der Waals surface area contributed by atoms with Crippen molar-refractivity contribution in [2.75, 3.05) is 26.2 Å². The summed E-state index contributed by atoms with van der Waals surface area (Å²) in [6.45, 7) is 28.6. The van der Waals surface area contributed by atoms with E-state index in [4.69, 9.17) is 0 Å². The predicted octanol–water partition coefficient (Wildman–Crippen LogP) is 7.73. The smallest absolute Gasteiger partial charge is 0.0844 e. The molecule has 166 valence electrons. The predicted molar refractivity (Wildman–Crippen MR) is 122 cm³/mol. The molecule has 0 aliphatic heterocycles. The first-order valence-electron chi connectivity index (χ1n) is 9.99. The van der Waals surface area contributed by atoms with Crippen LogP contribution in [0, 0.1) is 0 Å². The molecule has 0 unspecified atom stereocenters. The second-order valence-electron chi connectivity index (χ2n) is 7.81. The maximum Gasteiger partial charge on any atom is -0.0844 e. The van der Waals surface area contributed by atoms with Gasteiger partial charge in [-0.3, -0.25) is 0 Å². The van der Waals surface area contributed by atoms with Crippen molar-refractivity contribution in [2.24, 2.45) is 3.50 Å². The van der Waals surface area contributed by atoms with Gasteiger partial charge in [-0.2, -0.15) is 26.2 Å². The van der Waals surface area contributed by atoms with Gasteiger partial charge in [0.25, 0.3) is 0 Å². The summed E-state index contributed by atoms with van der Waals surface area (Å²) in [7, 11) is 0. The Morgan fingerprint density at radius 3 is 1.00 bits per heavy atom. The minimum absolute atomic E-state index is 0.00387. The summed E-state index contributed by atoms with van der Waals surface area (Å²) in [5.41, 5.74) is 0.00775. The maximum atomic E-state index is 4.29. The van der Waals surface area contributed by atoms with Crippen LogP contribution < -0.4 is 0 Å². The molecular weight excluding hydrogens is 506 g/mol. The molecule has 0 radical (unpaired) electrons. The fourth-order valence-electron chi connectivity index (χ4n) is 0.961. The third-order valence-electron chi connectivity index (χ3n) is 2.10. The number of hydrogen-bond acceptors (Lipinski definition) is 1. The summed E-state index contributed by atoms with van der Waals surface area (Å²) in [5, 5.41) is 16.5. The SMILES string of the molecule is CC(C)(C)[N-]/C=C\[N-]C(C)(C)C.CC(C)[N]=[W].CC[N-]CC.CC[N-]CC. The van der Waals surface area contributed by atoms with Crippen molar-refractivity contribution >= 4 is 0 Å². The second kappa shape index (κ2) is 23.8. The largest absolute Gasteiger partial charge is 0.663 e. The summed E-state index contributed by atoms with van der Waals surface area (Å²) < 4.78 is 3.97. The maximum absolute atomic E-state index is 4.29. The normalized spacial score (nSPS) is 10.7. The van der Waals surface area contributed by atoms with Gasteiger partial charge < -0.3 is 21.3 Å². The summed E-state index contributed by atoms with van der Waals surface area (Å²) in [5.74, 6) is 0. The standard InChI is InChI=1S/C10H20N2.2C4H10N.C3H7N.W/c1-9(2,3)11-7-8-12-10(4,5)6;2*1-3-5-4-2;1-3(2)4;/h7-8H,1-6H3;2*3-4H2,1-2H3;3H,1-2H3;/q-2;2*-1;;/b8-7-;;;;. The van der Waals surface area contributed by atoms with Gasteiger partial charge in [-0.25, -0.2) is 12.4 Å². The Morgan fingerprint density at radius 1 is 0.704 bits per heavy atom. The summed E-state index contributed by atoms with van der Waals surface area (Å²) in [6.07, 6.45) is 3.54. The first kappa shape index (κ1) is 34.3. The number of hydrogen-bond donors (Lipinski definition) is 0. The van der Waals surface area contributed by atoms with Gasteiger partial charge in [0.15, 0.2) is 0 Å². The van der Waals surface area contributed by atoms with Crippen LogP contribution in [0.4, 0.5) is 0 Å². The van der Waals surface area contributed by atoms with Gasteiger partial charge in [-0.1, -0.05) is 69.2 Å². The van der Waals surface area contributed by atoms with E-state index in [1.54, 1.807) is 12.4 Å². The van der Waals surface area contributed by atoms with Gasteiger partial charge in [0.2, 0.25) is 0 Å². The molecule has 0 fully saturated rings. The van der Waals surface area contributed by atoms with Gasteiger partial charge in [0.1, 0.15) is 0 Å². The Balaban J connectivity index is -0.000000147. The van der Waals surface area contributed by atoms with E-state index in [2.05, 4.69) is 80.2 Å². The Bertz CT molecular complexity index is 277. The van der Waals surface area contributed by atoms with Crippen LogP contribution in [-0.2, 0) is 19.6 Å². The van der Waals surface area contributed by atoms with E-state index in [-0.39, 0.29) is 11.1 Å². The zero-order valence-corrected chi connectivity index (χ0v) is 23.1. The van der Waals surface area contributed by atoms with E-state index in [9.17, 15) is 0 Å². The Morgan fingerprint density at radius 2 is 0.926 bits per heavy atom. The molecule has 0 aromatic carbocycles. The van der Waals surface area contributed by atoms with Gasteiger partial charge in [-0.05, 0) is 0 Å². The van der Waals surface area contributed by atoms with Crippen molar-refractivity contribution in [1.29, 1.82) is 0 Å². The monoisotopic (exact) mass is 553 g/mol. The fraction of sp³-hybridized carbons (Fsp3) is 0.905. The van der Waals surface area contributed by atoms with Crippen LogP contribution in [0.25, 0.3) is 21.3 Å². The van der Waals surface area contributed by atoms with Crippen LogP contribution in [0.3, 0.4) is 0 Å². The second-order valence-corrected chi connectivity index (χ2v) is 8.57. The first-order chi connectivity index (χ1) is 12.3. The Kier molecular flexibility index (Phi) is 30.2. The van der Waals surface area contributed by atoms with E-state index >= 15 is 0 Å². The van der Waals surface area contributed by atoms with Crippen molar-refractivity contribution in [3.05, 3.63) is 33.7 Å².